The number of aromatic carboxylic acids is 1. The van der Waals surface area contributed by atoms with Gasteiger partial charge >= 0.3 is 5.97 Å². The summed E-state index contributed by atoms with van der Waals surface area (Å²) in [6, 6.07) is 5.04. The van der Waals surface area contributed by atoms with Crippen molar-refractivity contribution < 1.29 is 14.6 Å². The number of carboxylic acid groups (broad SMARTS) is 1. The summed E-state index contributed by atoms with van der Waals surface area (Å²) in [5.41, 5.74) is 1.26. The maximum absolute atomic E-state index is 10.9. The zero-order chi connectivity index (χ0) is 13.0. The molecule has 0 spiro atoms. The van der Waals surface area contributed by atoms with Gasteiger partial charge in [0, 0.05) is 0 Å². The Kier molecular flexibility index (Phi) is 4.55. The number of carboxylic acids is 1. The normalized spacial score (nSPS) is 10.9. The molecule has 0 aliphatic heterocycles. The van der Waals surface area contributed by atoms with E-state index in [1.54, 1.807) is 18.2 Å². The minimum absolute atomic E-state index is 0.247. The Morgan fingerprint density at radius 3 is 2.41 bits per heavy atom. The lowest BCUT2D eigenvalue weighted by molar-refractivity contribution is 0.0696. The first kappa shape index (κ1) is 13.6. The van der Waals surface area contributed by atoms with E-state index in [-0.39, 0.29) is 5.92 Å². The summed E-state index contributed by atoms with van der Waals surface area (Å²) in [6.45, 7) is 8.87. The lowest BCUT2D eigenvalue weighted by Gasteiger charge is -2.16. The van der Waals surface area contributed by atoms with E-state index in [0.29, 0.717) is 18.1 Å². The number of hydrogen-bond acceptors (Lipinski definition) is 2. The molecule has 1 aromatic rings. The predicted octanol–water partition coefficient (Wildman–Crippen LogP) is 3.54. The van der Waals surface area contributed by atoms with Crippen LogP contribution < -0.4 is 4.74 Å². The predicted molar refractivity (Wildman–Crippen MR) is 67.8 cm³/mol. The van der Waals surface area contributed by atoms with E-state index in [2.05, 4.69) is 13.8 Å². The lowest BCUT2D eigenvalue weighted by atomic mass is 9.99. The first-order chi connectivity index (χ1) is 7.91. The fourth-order valence-corrected chi connectivity index (χ4v) is 1.52. The van der Waals surface area contributed by atoms with Gasteiger partial charge in [-0.15, -0.1) is 0 Å². The topological polar surface area (TPSA) is 46.5 Å². The molecule has 1 aromatic carbocycles. The first-order valence-electron chi connectivity index (χ1n) is 5.91. The van der Waals surface area contributed by atoms with Crippen LogP contribution in [0.2, 0.25) is 0 Å². The molecule has 0 fully saturated rings. The molecule has 0 saturated carbocycles. The molecule has 0 aromatic heterocycles. The number of carbonyl (C=O) groups is 1. The number of benzene rings is 1. The molecule has 0 amide bonds. The molecule has 0 unspecified atom stereocenters. The molecule has 0 saturated heterocycles. The van der Waals surface area contributed by atoms with E-state index < -0.39 is 5.97 Å². The summed E-state index contributed by atoms with van der Waals surface area (Å²) in [4.78, 5) is 10.9. The quantitative estimate of drug-likeness (QED) is 0.850. The largest absolute Gasteiger partial charge is 0.493 e. The van der Waals surface area contributed by atoms with E-state index in [1.807, 2.05) is 13.8 Å². The Morgan fingerprint density at radius 2 is 1.94 bits per heavy atom. The van der Waals surface area contributed by atoms with Gasteiger partial charge in [0.25, 0.3) is 0 Å². The van der Waals surface area contributed by atoms with Gasteiger partial charge in [-0.1, -0.05) is 27.7 Å². The van der Waals surface area contributed by atoms with Crippen LogP contribution in [0.15, 0.2) is 18.2 Å². The van der Waals surface area contributed by atoms with Gasteiger partial charge in [0.1, 0.15) is 5.75 Å². The van der Waals surface area contributed by atoms with Crippen LogP contribution in [-0.2, 0) is 0 Å². The van der Waals surface area contributed by atoms with E-state index in [4.69, 9.17) is 9.84 Å². The van der Waals surface area contributed by atoms with Crippen molar-refractivity contribution in [3.05, 3.63) is 29.3 Å². The highest BCUT2D eigenvalue weighted by atomic mass is 16.5. The molecule has 0 atom stereocenters. The SMILES string of the molecule is CC(C)COc1ccc(C(=O)O)cc1C(C)C. The van der Waals surface area contributed by atoms with Crippen LogP contribution in [0.5, 0.6) is 5.75 Å². The third kappa shape index (κ3) is 3.77. The second-order valence-corrected chi connectivity index (χ2v) is 4.92. The monoisotopic (exact) mass is 236 g/mol. The zero-order valence-electron chi connectivity index (χ0n) is 10.9. The Balaban J connectivity index is 3.00. The number of rotatable bonds is 5. The van der Waals surface area contributed by atoms with Crippen molar-refractivity contribution in [2.75, 3.05) is 6.61 Å². The van der Waals surface area contributed by atoms with Crippen molar-refractivity contribution in [1.29, 1.82) is 0 Å². The minimum atomic E-state index is -0.901. The Hall–Kier alpha value is -1.51. The summed E-state index contributed by atoms with van der Waals surface area (Å²) >= 11 is 0. The summed E-state index contributed by atoms with van der Waals surface area (Å²) < 4.78 is 5.70. The molecule has 94 valence electrons. The van der Waals surface area contributed by atoms with Crippen molar-refractivity contribution in [1.82, 2.24) is 0 Å². The van der Waals surface area contributed by atoms with Crippen LogP contribution in [0.4, 0.5) is 0 Å². The molecule has 0 radical (unpaired) electrons. The molecule has 1 rings (SSSR count). The molecular weight excluding hydrogens is 216 g/mol. The van der Waals surface area contributed by atoms with Gasteiger partial charge in [-0.05, 0) is 35.6 Å². The summed E-state index contributed by atoms with van der Waals surface area (Å²) in [5.74, 6) is 0.589. The third-order valence-electron chi connectivity index (χ3n) is 2.45. The van der Waals surface area contributed by atoms with Gasteiger partial charge < -0.3 is 9.84 Å². The van der Waals surface area contributed by atoms with Crippen molar-refractivity contribution in [2.45, 2.75) is 33.6 Å². The molecule has 0 bridgehead atoms. The van der Waals surface area contributed by atoms with Gasteiger partial charge in [0.2, 0.25) is 0 Å². The fraction of sp³-hybridized carbons (Fsp3) is 0.500. The van der Waals surface area contributed by atoms with E-state index >= 15 is 0 Å². The second-order valence-electron chi connectivity index (χ2n) is 4.92. The maximum Gasteiger partial charge on any atom is 0.335 e. The van der Waals surface area contributed by atoms with Crippen LogP contribution in [0.25, 0.3) is 0 Å². The van der Waals surface area contributed by atoms with Crippen LogP contribution in [0.3, 0.4) is 0 Å². The molecule has 17 heavy (non-hydrogen) atoms. The fourth-order valence-electron chi connectivity index (χ4n) is 1.52. The van der Waals surface area contributed by atoms with Crippen molar-refractivity contribution >= 4 is 5.97 Å². The van der Waals surface area contributed by atoms with Crippen LogP contribution >= 0.6 is 0 Å². The maximum atomic E-state index is 10.9. The smallest absolute Gasteiger partial charge is 0.335 e. The van der Waals surface area contributed by atoms with Gasteiger partial charge in [0.15, 0.2) is 0 Å². The van der Waals surface area contributed by atoms with Gasteiger partial charge in [-0.2, -0.15) is 0 Å². The molecule has 3 nitrogen and oxygen atoms in total. The minimum Gasteiger partial charge on any atom is -0.493 e. The standard InChI is InChI=1S/C14H20O3/c1-9(2)8-17-13-6-5-11(14(15)16)7-12(13)10(3)4/h5-7,9-10H,8H2,1-4H3,(H,15,16). The molecule has 0 aliphatic carbocycles. The highest BCUT2D eigenvalue weighted by molar-refractivity contribution is 5.88. The Labute approximate surface area is 102 Å². The van der Waals surface area contributed by atoms with Gasteiger partial charge in [0.05, 0.1) is 12.2 Å². The van der Waals surface area contributed by atoms with Crippen molar-refractivity contribution in [3.63, 3.8) is 0 Å². The number of hydrogen-bond donors (Lipinski definition) is 1. The average Bonchev–Trinajstić information content (AvgIpc) is 2.25. The highest BCUT2D eigenvalue weighted by Gasteiger charge is 2.12. The Morgan fingerprint density at radius 1 is 1.29 bits per heavy atom. The molecule has 0 heterocycles. The molecule has 1 N–H and O–H groups in total. The zero-order valence-corrected chi connectivity index (χ0v) is 10.9. The van der Waals surface area contributed by atoms with E-state index in [0.717, 1.165) is 11.3 Å². The van der Waals surface area contributed by atoms with Gasteiger partial charge in [-0.3, -0.25) is 0 Å². The van der Waals surface area contributed by atoms with Crippen LogP contribution in [0, 0.1) is 5.92 Å². The molecule has 3 heteroatoms. The van der Waals surface area contributed by atoms with Crippen molar-refractivity contribution in [2.24, 2.45) is 5.92 Å². The molecule has 0 aliphatic rings. The summed E-state index contributed by atoms with van der Waals surface area (Å²) in [7, 11) is 0. The van der Waals surface area contributed by atoms with Crippen molar-refractivity contribution in [3.8, 4) is 5.75 Å². The average molecular weight is 236 g/mol. The van der Waals surface area contributed by atoms with E-state index in [1.165, 1.54) is 0 Å². The second kappa shape index (κ2) is 5.71. The molecular formula is C14H20O3. The number of ether oxygens (including phenoxy) is 1. The Bertz CT molecular complexity index is 394. The van der Waals surface area contributed by atoms with Gasteiger partial charge in [-0.25, -0.2) is 4.79 Å². The summed E-state index contributed by atoms with van der Waals surface area (Å²) in [5, 5.41) is 8.96. The van der Waals surface area contributed by atoms with Crippen LogP contribution in [-0.4, -0.2) is 17.7 Å². The van der Waals surface area contributed by atoms with Crippen LogP contribution in [0.1, 0.15) is 49.5 Å². The first-order valence-corrected chi connectivity index (χ1v) is 5.91. The highest BCUT2D eigenvalue weighted by Crippen LogP contribution is 2.28. The third-order valence-corrected chi connectivity index (χ3v) is 2.45. The van der Waals surface area contributed by atoms with E-state index in [9.17, 15) is 4.79 Å². The summed E-state index contributed by atoms with van der Waals surface area (Å²) in [6.07, 6.45) is 0. The lowest BCUT2D eigenvalue weighted by Crippen LogP contribution is -2.08.